The van der Waals surface area contributed by atoms with Gasteiger partial charge in [-0.25, -0.2) is 9.13 Å². The van der Waals surface area contributed by atoms with Crippen molar-refractivity contribution in [1.29, 1.82) is 0 Å². The van der Waals surface area contributed by atoms with Crippen LogP contribution in [0.2, 0.25) is 0 Å². The number of phosphoric ester groups is 2. The van der Waals surface area contributed by atoms with E-state index in [2.05, 4.69) is 55.4 Å². The third-order valence-electron chi connectivity index (χ3n) is 17.4. The Kier molecular flexibility index (Phi) is 62.2. The molecule has 0 aromatic rings. The number of aliphatic hydroxyl groups excluding tert-OH is 1. The van der Waals surface area contributed by atoms with Crippen molar-refractivity contribution in [3.05, 3.63) is 0 Å². The second kappa shape index (κ2) is 63.5. The summed E-state index contributed by atoms with van der Waals surface area (Å²) in [7, 11) is -9.91. The van der Waals surface area contributed by atoms with Gasteiger partial charge in [0.05, 0.1) is 26.4 Å². The van der Waals surface area contributed by atoms with Crippen LogP contribution in [0.15, 0.2) is 0 Å². The lowest BCUT2D eigenvalue weighted by Crippen LogP contribution is -2.30. The molecule has 4 unspecified atom stereocenters. The first kappa shape index (κ1) is 91.1. The Balaban J connectivity index is 5.20. The molecule has 0 fully saturated rings. The minimum Gasteiger partial charge on any atom is -0.462 e. The summed E-state index contributed by atoms with van der Waals surface area (Å²) in [6, 6.07) is 0. The maximum atomic E-state index is 13.0. The quantitative estimate of drug-likeness (QED) is 0.0222. The number of aliphatic hydroxyl groups is 1. The smallest absolute Gasteiger partial charge is 0.462 e. The van der Waals surface area contributed by atoms with E-state index in [1.54, 1.807) is 0 Å². The van der Waals surface area contributed by atoms with E-state index < -0.39 is 97.5 Å². The number of phosphoric acid groups is 2. The zero-order chi connectivity index (χ0) is 68.9. The van der Waals surface area contributed by atoms with Gasteiger partial charge in [0.1, 0.15) is 19.3 Å². The number of esters is 4. The number of unbranched alkanes of at least 4 members (excludes halogenated alkanes) is 36. The zero-order valence-corrected chi connectivity index (χ0v) is 62.7. The molecule has 0 aromatic heterocycles. The van der Waals surface area contributed by atoms with Gasteiger partial charge in [-0.15, -0.1) is 0 Å². The summed E-state index contributed by atoms with van der Waals surface area (Å²) in [5, 5.41) is 10.6. The van der Waals surface area contributed by atoms with Crippen LogP contribution in [0.3, 0.4) is 0 Å². The molecule has 19 heteroatoms. The van der Waals surface area contributed by atoms with Gasteiger partial charge in [0.25, 0.3) is 0 Å². The first-order valence-corrected chi connectivity index (χ1v) is 41.2. The van der Waals surface area contributed by atoms with Crippen LogP contribution in [0.25, 0.3) is 0 Å². The molecule has 93 heavy (non-hydrogen) atoms. The minimum atomic E-state index is -4.95. The molecule has 0 heterocycles. The summed E-state index contributed by atoms with van der Waals surface area (Å²) in [6.07, 6.45) is 47.3. The van der Waals surface area contributed by atoms with Crippen molar-refractivity contribution in [2.45, 2.75) is 388 Å². The molecule has 0 rings (SSSR count). The monoisotopic (exact) mass is 1370 g/mol. The Labute approximate surface area is 568 Å². The molecule has 0 saturated carbocycles. The molecule has 0 saturated heterocycles. The van der Waals surface area contributed by atoms with Gasteiger partial charge in [0.15, 0.2) is 12.2 Å². The Morgan fingerprint density at radius 3 is 0.763 bits per heavy atom. The highest BCUT2D eigenvalue weighted by atomic mass is 31.2. The van der Waals surface area contributed by atoms with Gasteiger partial charge < -0.3 is 33.8 Å². The topological polar surface area (TPSA) is 237 Å². The van der Waals surface area contributed by atoms with Crippen LogP contribution >= 0.6 is 15.6 Å². The lowest BCUT2D eigenvalue weighted by molar-refractivity contribution is -0.161. The van der Waals surface area contributed by atoms with Crippen molar-refractivity contribution < 1.29 is 80.2 Å². The number of ether oxygens (including phenoxy) is 4. The third-order valence-corrected chi connectivity index (χ3v) is 19.3. The third kappa shape index (κ3) is 67.0. The number of hydrogen-bond acceptors (Lipinski definition) is 15. The van der Waals surface area contributed by atoms with Crippen molar-refractivity contribution in [2.75, 3.05) is 39.6 Å². The maximum absolute atomic E-state index is 13.0. The van der Waals surface area contributed by atoms with Crippen LogP contribution in [-0.2, 0) is 65.4 Å². The minimum absolute atomic E-state index is 0.103. The Morgan fingerprint density at radius 1 is 0.301 bits per heavy atom. The van der Waals surface area contributed by atoms with Gasteiger partial charge in [0, 0.05) is 25.7 Å². The number of carbonyl (C=O) groups excluding carboxylic acids is 4. The molecule has 0 aliphatic carbocycles. The van der Waals surface area contributed by atoms with Crippen LogP contribution in [0, 0.1) is 23.7 Å². The molecule has 0 aliphatic heterocycles. The fourth-order valence-electron chi connectivity index (χ4n) is 11.2. The lowest BCUT2D eigenvalue weighted by atomic mass is 10.00. The summed E-state index contributed by atoms with van der Waals surface area (Å²) in [4.78, 5) is 72.7. The van der Waals surface area contributed by atoms with E-state index in [1.165, 1.54) is 167 Å². The fourth-order valence-corrected chi connectivity index (χ4v) is 12.7. The van der Waals surface area contributed by atoms with Crippen LogP contribution in [-0.4, -0.2) is 96.7 Å². The van der Waals surface area contributed by atoms with Gasteiger partial charge in [-0.1, -0.05) is 319 Å². The van der Waals surface area contributed by atoms with E-state index in [9.17, 15) is 43.2 Å². The van der Waals surface area contributed by atoms with Crippen LogP contribution < -0.4 is 0 Å². The standard InChI is InChI=1S/C74H144O17P2/c1-9-67(8)53-45-37-32-33-41-49-57-74(79)91-70(61-84-71(76)54-46-38-29-23-19-16-15-18-22-27-35-43-51-65(4)5)63-89-93(82,83)87-59-68(75)58-86-92(80,81)88-62-69(60-85-72(77)55-47-39-31-25-28-36-44-52-66(6)7)90-73(78)56-48-40-30-24-20-14-12-10-11-13-17-21-26-34-42-50-64(2)3/h64-70,75H,9-63H2,1-8H3,(H,80,81)(H,82,83)/t67?,68?,69-,70-/m1/s1. The maximum Gasteiger partial charge on any atom is 0.472 e. The molecule has 552 valence electrons. The summed E-state index contributed by atoms with van der Waals surface area (Å²) in [5.74, 6) is 0.883. The molecule has 0 amide bonds. The molecule has 17 nitrogen and oxygen atoms in total. The average Bonchev–Trinajstić information content (AvgIpc) is 1.76. The molecule has 0 bridgehead atoms. The van der Waals surface area contributed by atoms with E-state index in [-0.39, 0.29) is 25.7 Å². The van der Waals surface area contributed by atoms with E-state index in [1.807, 2.05) is 0 Å². The summed E-state index contributed by atoms with van der Waals surface area (Å²) >= 11 is 0. The average molecular weight is 1370 g/mol. The fraction of sp³-hybridized carbons (Fsp3) is 0.946. The van der Waals surface area contributed by atoms with Crippen molar-refractivity contribution in [2.24, 2.45) is 23.7 Å². The second-order valence-electron chi connectivity index (χ2n) is 28.4. The summed E-state index contributed by atoms with van der Waals surface area (Å²) < 4.78 is 68.4. The van der Waals surface area contributed by atoms with Crippen LogP contribution in [0.4, 0.5) is 0 Å². The Hall–Kier alpha value is -1.94. The normalized spacial score (nSPS) is 14.5. The number of hydrogen-bond donors (Lipinski definition) is 3. The predicted octanol–water partition coefficient (Wildman–Crippen LogP) is 21.3. The highest BCUT2D eigenvalue weighted by Crippen LogP contribution is 2.45. The van der Waals surface area contributed by atoms with Crippen molar-refractivity contribution >= 4 is 39.5 Å². The van der Waals surface area contributed by atoms with E-state index >= 15 is 0 Å². The SMILES string of the molecule is CCC(C)CCCCCCCCC(=O)O[C@H](COC(=O)CCCCCCCCCCCCCCC(C)C)COP(=O)(O)OCC(O)COP(=O)(O)OC[C@@H](COC(=O)CCCCCCCCCC(C)C)OC(=O)CCCCCCCCCCCCCCCCCC(C)C. The van der Waals surface area contributed by atoms with Crippen molar-refractivity contribution in [3.63, 3.8) is 0 Å². The molecule has 0 spiro atoms. The van der Waals surface area contributed by atoms with Crippen molar-refractivity contribution in [3.8, 4) is 0 Å². The molecular formula is C74H144O17P2. The molecule has 0 radical (unpaired) electrons. The lowest BCUT2D eigenvalue weighted by Gasteiger charge is -2.21. The Bertz CT molecular complexity index is 1840. The highest BCUT2D eigenvalue weighted by Gasteiger charge is 2.30. The first-order chi connectivity index (χ1) is 44.6. The summed E-state index contributed by atoms with van der Waals surface area (Å²) in [5.41, 5.74) is 0. The molecule has 3 N–H and O–H groups in total. The first-order valence-electron chi connectivity index (χ1n) is 38.2. The second-order valence-corrected chi connectivity index (χ2v) is 31.3. The molecule has 0 aromatic carbocycles. The van der Waals surface area contributed by atoms with E-state index in [4.69, 9.17) is 37.0 Å². The largest absolute Gasteiger partial charge is 0.472 e. The number of rotatable bonds is 71. The van der Waals surface area contributed by atoms with Gasteiger partial charge in [0.2, 0.25) is 0 Å². The van der Waals surface area contributed by atoms with Crippen molar-refractivity contribution in [1.82, 2.24) is 0 Å². The highest BCUT2D eigenvalue weighted by molar-refractivity contribution is 7.47. The molecule has 0 aliphatic rings. The Morgan fingerprint density at radius 2 is 0.516 bits per heavy atom. The molecular weight excluding hydrogens is 1220 g/mol. The van der Waals surface area contributed by atoms with Gasteiger partial charge in [-0.2, -0.15) is 0 Å². The van der Waals surface area contributed by atoms with Crippen LogP contribution in [0.1, 0.15) is 370 Å². The van der Waals surface area contributed by atoms with Gasteiger partial charge >= 0.3 is 39.5 Å². The number of carbonyl (C=O) groups is 4. The zero-order valence-electron chi connectivity index (χ0n) is 60.9. The van der Waals surface area contributed by atoms with Gasteiger partial charge in [-0.05, 0) is 49.4 Å². The van der Waals surface area contributed by atoms with Crippen LogP contribution in [0.5, 0.6) is 0 Å². The van der Waals surface area contributed by atoms with Gasteiger partial charge in [-0.3, -0.25) is 37.3 Å². The summed E-state index contributed by atoms with van der Waals surface area (Å²) in [6.45, 7) is 14.1. The molecule has 6 atom stereocenters. The predicted molar refractivity (Wildman–Crippen MR) is 377 cm³/mol. The van der Waals surface area contributed by atoms with E-state index in [0.717, 1.165) is 114 Å². The van der Waals surface area contributed by atoms with E-state index in [0.29, 0.717) is 31.6 Å².